The SMILES string of the molecule is COc1ccc(CCN(C)C(=O)CCc2nc3ccccc3s2)cc1OC. The molecule has 142 valence electrons. The summed E-state index contributed by atoms with van der Waals surface area (Å²) in [4.78, 5) is 18.8. The standard InChI is InChI=1S/C21H24N2O3S/c1-23(13-12-15-8-9-17(25-2)18(14-15)26-3)21(24)11-10-20-22-16-6-4-5-7-19(16)27-20/h4-9,14H,10-13H2,1-3H3. The number of aromatic nitrogens is 1. The number of aryl methyl sites for hydroxylation is 1. The smallest absolute Gasteiger partial charge is 0.222 e. The Labute approximate surface area is 163 Å². The summed E-state index contributed by atoms with van der Waals surface area (Å²) in [7, 11) is 5.09. The van der Waals surface area contributed by atoms with Gasteiger partial charge < -0.3 is 14.4 Å². The van der Waals surface area contributed by atoms with Gasteiger partial charge in [0.2, 0.25) is 5.91 Å². The molecule has 5 nitrogen and oxygen atoms in total. The first-order valence-electron chi connectivity index (χ1n) is 8.90. The van der Waals surface area contributed by atoms with Crippen LogP contribution in [-0.4, -0.2) is 43.6 Å². The summed E-state index contributed by atoms with van der Waals surface area (Å²) in [6.45, 7) is 0.661. The zero-order valence-electron chi connectivity index (χ0n) is 15.9. The molecular weight excluding hydrogens is 360 g/mol. The molecule has 0 bridgehead atoms. The summed E-state index contributed by atoms with van der Waals surface area (Å²) >= 11 is 1.66. The highest BCUT2D eigenvalue weighted by molar-refractivity contribution is 7.18. The van der Waals surface area contributed by atoms with Gasteiger partial charge in [0.25, 0.3) is 0 Å². The zero-order chi connectivity index (χ0) is 19.2. The maximum atomic E-state index is 12.4. The second-order valence-corrected chi connectivity index (χ2v) is 7.45. The molecule has 6 heteroatoms. The Morgan fingerprint density at radius 3 is 2.59 bits per heavy atom. The summed E-state index contributed by atoms with van der Waals surface area (Å²) in [5.74, 6) is 1.55. The van der Waals surface area contributed by atoms with Crippen LogP contribution in [0.2, 0.25) is 0 Å². The third kappa shape index (κ3) is 4.77. The number of methoxy groups -OCH3 is 2. The molecule has 1 amide bonds. The van der Waals surface area contributed by atoms with Crippen LogP contribution >= 0.6 is 11.3 Å². The molecule has 3 aromatic rings. The van der Waals surface area contributed by atoms with Gasteiger partial charge in [-0.3, -0.25) is 4.79 Å². The fraction of sp³-hybridized carbons (Fsp3) is 0.333. The van der Waals surface area contributed by atoms with Gasteiger partial charge >= 0.3 is 0 Å². The van der Waals surface area contributed by atoms with E-state index in [0.717, 1.165) is 22.5 Å². The van der Waals surface area contributed by atoms with Gasteiger partial charge in [-0.1, -0.05) is 18.2 Å². The van der Waals surface area contributed by atoms with Crippen molar-refractivity contribution in [2.45, 2.75) is 19.3 Å². The predicted molar refractivity (Wildman–Crippen MR) is 109 cm³/mol. The second-order valence-electron chi connectivity index (χ2n) is 6.33. The van der Waals surface area contributed by atoms with E-state index in [-0.39, 0.29) is 5.91 Å². The molecule has 2 aromatic carbocycles. The van der Waals surface area contributed by atoms with Crippen molar-refractivity contribution < 1.29 is 14.3 Å². The van der Waals surface area contributed by atoms with Crippen molar-refractivity contribution in [1.29, 1.82) is 0 Å². The minimum atomic E-state index is 0.134. The predicted octanol–water partition coefficient (Wildman–Crippen LogP) is 3.95. The number of nitrogens with zero attached hydrogens (tertiary/aromatic N) is 2. The first kappa shape index (κ1) is 19.2. The van der Waals surface area contributed by atoms with Crippen molar-refractivity contribution in [1.82, 2.24) is 9.88 Å². The molecule has 1 heterocycles. The van der Waals surface area contributed by atoms with Crippen LogP contribution in [0.15, 0.2) is 42.5 Å². The normalized spacial score (nSPS) is 10.8. The van der Waals surface area contributed by atoms with Crippen LogP contribution in [-0.2, 0) is 17.6 Å². The van der Waals surface area contributed by atoms with E-state index in [4.69, 9.17) is 9.47 Å². The number of fused-ring (bicyclic) bond motifs is 1. The number of hydrogen-bond acceptors (Lipinski definition) is 5. The largest absolute Gasteiger partial charge is 0.493 e. The molecule has 0 aliphatic carbocycles. The van der Waals surface area contributed by atoms with Gasteiger partial charge in [0.05, 0.1) is 29.4 Å². The number of carbonyl (C=O) groups is 1. The minimum Gasteiger partial charge on any atom is -0.493 e. The summed E-state index contributed by atoms with van der Waals surface area (Å²) in [6.07, 6.45) is 1.92. The molecule has 0 N–H and O–H groups in total. The summed E-state index contributed by atoms with van der Waals surface area (Å²) in [6, 6.07) is 13.9. The Morgan fingerprint density at radius 1 is 1.07 bits per heavy atom. The number of para-hydroxylation sites is 1. The minimum absolute atomic E-state index is 0.134. The van der Waals surface area contributed by atoms with Gasteiger partial charge in [0, 0.05) is 26.4 Å². The van der Waals surface area contributed by atoms with E-state index in [1.807, 2.05) is 43.4 Å². The first-order chi connectivity index (χ1) is 13.1. The highest BCUT2D eigenvalue weighted by atomic mass is 32.1. The lowest BCUT2D eigenvalue weighted by molar-refractivity contribution is -0.129. The third-order valence-corrected chi connectivity index (χ3v) is 5.60. The number of carbonyl (C=O) groups excluding carboxylic acids is 1. The number of likely N-dealkylation sites (N-methyl/N-ethyl adjacent to an activating group) is 1. The molecule has 0 fully saturated rings. The Balaban J connectivity index is 1.51. The number of benzene rings is 2. The Kier molecular flexibility index (Phi) is 6.29. The fourth-order valence-electron chi connectivity index (χ4n) is 2.89. The van der Waals surface area contributed by atoms with E-state index in [1.54, 1.807) is 30.5 Å². The second kappa shape index (κ2) is 8.86. The van der Waals surface area contributed by atoms with Crippen LogP contribution in [0.1, 0.15) is 17.0 Å². The van der Waals surface area contributed by atoms with Gasteiger partial charge in [-0.15, -0.1) is 11.3 Å². The van der Waals surface area contributed by atoms with Crippen molar-refractivity contribution in [2.75, 3.05) is 27.8 Å². The van der Waals surface area contributed by atoms with Crippen LogP contribution < -0.4 is 9.47 Å². The number of amides is 1. The van der Waals surface area contributed by atoms with Gasteiger partial charge in [-0.25, -0.2) is 4.98 Å². The average Bonchev–Trinajstić information content (AvgIpc) is 3.12. The Morgan fingerprint density at radius 2 is 1.85 bits per heavy atom. The molecule has 0 saturated carbocycles. The lowest BCUT2D eigenvalue weighted by Crippen LogP contribution is -2.29. The fourth-order valence-corrected chi connectivity index (χ4v) is 3.86. The molecule has 0 aliphatic rings. The lowest BCUT2D eigenvalue weighted by Gasteiger charge is -2.17. The van der Waals surface area contributed by atoms with Crippen LogP contribution in [0.25, 0.3) is 10.2 Å². The molecule has 3 rings (SSSR count). The Hall–Kier alpha value is -2.60. The number of thiazole rings is 1. The van der Waals surface area contributed by atoms with Crippen molar-refractivity contribution in [3.8, 4) is 11.5 Å². The topological polar surface area (TPSA) is 51.7 Å². The monoisotopic (exact) mass is 384 g/mol. The average molecular weight is 385 g/mol. The van der Waals surface area contributed by atoms with E-state index in [1.165, 1.54) is 4.70 Å². The van der Waals surface area contributed by atoms with Gasteiger partial charge in [0.1, 0.15) is 0 Å². The van der Waals surface area contributed by atoms with E-state index < -0.39 is 0 Å². The zero-order valence-corrected chi connectivity index (χ0v) is 16.7. The number of ether oxygens (including phenoxy) is 2. The molecule has 0 radical (unpaired) electrons. The van der Waals surface area contributed by atoms with Crippen molar-refractivity contribution >= 4 is 27.5 Å². The number of rotatable bonds is 8. The molecular formula is C21H24N2O3S. The lowest BCUT2D eigenvalue weighted by atomic mass is 10.1. The molecule has 0 aliphatic heterocycles. The van der Waals surface area contributed by atoms with Crippen LogP contribution in [0.3, 0.4) is 0 Å². The van der Waals surface area contributed by atoms with Gasteiger partial charge in [0.15, 0.2) is 11.5 Å². The summed E-state index contributed by atoms with van der Waals surface area (Å²) < 4.78 is 11.8. The highest BCUT2D eigenvalue weighted by Crippen LogP contribution is 2.27. The molecule has 0 unspecified atom stereocenters. The maximum Gasteiger partial charge on any atom is 0.222 e. The summed E-state index contributed by atoms with van der Waals surface area (Å²) in [5, 5.41) is 1.01. The first-order valence-corrected chi connectivity index (χ1v) is 9.71. The molecule has 27 heavy (non-hydrogen) atoms. The quantitative estimate of drug-likeness (QED) is 0.590. The molecule has 0 saturated heterocycles. The van der Waals surface area contributed by atoms with Crippen molar-refractivity contribution in [3.63, 3.8) is 0 Å². The van der Waals surface area contributed by atoms with Gasteiger partial charge in [-0.05, 0) is 36.2 Å². The molecule has 1 aromatic heterocycles. The molecule has 0 spiro atoms. The van der Waals surface area contributed by atoms with Crippen molar-refractivity contribution in [3.05, 3.63) is 53.0 Å². The third-order valence-electron chi connectivity index (χ3n) is 4.50. The van der Waals surface area contributed by atoms with Gasteiger partial charge in [-0.2, -0.15) is 0 Å². The maximum absolute atomic E-state index is 12.4. The van der Waals surface area contributed by atoms with Crippen LogP contribution in [0, 0.1) is 0 Å². The van der Waals surface area contributed by atoms with E-state index in [0.29, 0.717) is 30.9 Å². The Bertz CT molecular complexity index is 890. The van der Waals surface area contributed by atoms with Crippen molar-refractivity contribution in [2.24, 2.45) is 0 Å². The number of hydrogen-bond donors (Lipinski definition) is 0. The van der Waals surface area contributed by atoms with Crippen LogP contribution in [0.5, 0.6) is 11.5 Å². The highest BCUT2D eigenvalue weighted by Gasteiger charge is 2.12. The van der Waals surface area contributed by atoms with E-state index in [9.17, 15) is 4.79 Å². The molecule has 0 atom stereocenters. The summed E-state index contributed by atoms with van der Waals surface area (Å²) in [5.41, 5.74) is 2.12. The van der Waals surface area contributed by atoms with E-state index >= 15 is 0 Å². The van der Waals surface area contributed by atoms with E-state index in [2.05, 4.69) is 11.1 Å². The van der Waals surface area contributed by atoms with Crippen LogP contribution in [0.4, 0.5) is 0 Å².